The summed E-state index contributed by atoms with van der Waals surface area (Å²) in [5.74, 6) is 0. The van der Waals surface area contributed by atoms with Crippen molar-refractivity contribution < 1.29 is 0 Å². The standard InChI is InChI=1S/C12H17BrN2/c1-14-6-5-11-8-9-7-10(13)3-4-12(9)15(11)2/h3-4,7,11,14H,5-6,8H2,1-2H3. The third-order valence-corrected chi connectivity index (χ3v) is 3.65. The summed E-state index contributed by atoms with van der Waals surface area (Å²) in [6.45, 7) is 1.09. The van der Waals surface area contributed by atoms with Crippen LogP contribution >= 0.6 is 15.9 Å². The van der Waals surface area contributed by atoms with Crippen molar-refractivity contribution in [2.24, 2.45) is 0 Å². The monoisotopic (exact) mass is 268 g/mol. The second-order valence-electron chi connectivity index (χ2n) is 4.13. The lowest BCUT2D eigenvalue weighted by atomic mass is 10.1. The number of likely N-dealkylation sites (N-methyl/N-ethyl adjacent to an activating group) is 1. The third kappa shape index (κ3) is 2.18. The van der Waals surface area contributed by atoms with Crippen molar-refractivity contribution in [2.75, 3.05) is 25.5 Å². The maximum Gasteiger partial charge on any atom is 0.0400 e. The number of anilines is 1. The minimum atomic E-state index is 0.654. The maximum atomic E-state index is 3.53. The Morgan fingerprint density at radius 2 is 2.33 bits per heavy atom. The van der Waals surface area contributed by atoms with E-state index in [0.717, 1.165) is 6.54 Å². The van der Waals surface area contributed by atoms with Crippen molar-refractivity contribution in [3.63, 3.8) is 0 Å². The lowest BCUT2D eigenvalue weighted by molar-refractivity contribution is 0.584. The van der Waals surface area contributed by atoms with Gasteiger partial charge < -0.3 is 10.2 Å². The average molecular weight is 269 g/mol. The molecule has 0 saturated carbocycles. The Kier molecular flexibility index (Phi) is 3.32. The van der Waals surface area contributed by atoms with E-state index in [0.29, 0.717) is 6.04 Å². The Hall–Kier alpha value is -0.540. The molecule has 0 aliphatic carbocycles. The van der Waals surface area contributed by atoms with Crippen molar-refractivity contribution in [3.8, 4) is 0 Å². The molecule has 1 aromatic rings. The Bertz CT molecular complexity index is 351. The average Bonchev–Trinajstić information content (AvgIpc) is 2.52. The summed E-state index contributed by atoms with van der Waals surface area (Å²) in [7, 11) is 4.21. The number of hydrogen-bond donors (Lipinski definition) is 1. The van der Waals surface area contributed by atoms with Crippen molar-refractivity contribution in [1.29, 1.82) is 0 Å². The Morgan fingerprint density at radius 3 is 3.07 bits per heavy atom. The normalized spacial score (nSPS) is 19.4. The van der Waals surface area contributed by atoms with Crippen LogP contribution in [0.5, 0.6) is 0 Å². The molecule has 0 radical (unpaired) electrons. The highest BCUT2D eigenvalue weighted by Gasteiger charge is 2.25. The number of nitrogens with zero attached hydrogens (tertiary/aromatic N) is 1. The van der Waals surface area contributed by atoms with Crippen molar-refractivity contribution in [2.45, 2.75) is 18.9 Å². The first-order chi connectivity index (χ1) is 7.22. The zero-order chi connectivity index (χ0) is 10.8. The highest BCUT2D eigenvalue weighted by atomic mass is 79.9. The van der Waals surface area contributed by atoms with E-state index >= 15 is 0 Å². The van der Waals surface area contributed by atoms with E-state index in [9.17, 15) is 0 Å². The molecule has 0 spiro atoms. The van der Waals surface area contributed by atoms with Gasteiger partial charge in [0.05, 0.1) is 0 Å². The summed E-state index contributed by atoms with van der Waals surface area (Å²) in [6, 6.07) is 7.22. The van der Waals surface area contributed by atoms with Crippen LogP contribution < -0.4 is 10.2 Å². The highest BCUT2D eigenvalue weighted by molar-refractivity contribution is 9.10. The van der Waals surface area contributed by atoms with E-state index in [1.54, 1.807) is 0 Å². The van der Waals surface area contributed by atoms with Gasteiger partial charge in [-0.25, -0.2) is 0 Å². The zero-order valence-corrected chi connectivity index (χ0v) is 10.8. The fourth-order valence-electron chi connectivity index (χ4n) is 2.26. The van der Waals surface area contributed by atoms with Gasteiger partial charge in [0.25, 0.3) is 0 Å². The van der Waals surface area contributed by atoms with Crippen LogP contribution in [-0.2, 0) is 6.42 Å². The predicted octanol–water partition coefficient (Wildman–Crippen LogP) is 2.42. The Morgan fingerprint density at radius 1 is 1.53 bits per heavy atom. The van der Waals surface area contributed by atoms with Gasteiger partial charge in [-0.15, -0.1) is 0 Å². The van der Waals surface area contributed by atoms with Crippen LogP contribution in [0.2, 0.25) is 0 Å². The SMILES string of the molecule is CNCCC1Cc2cc(Br)ccc2N1C. The molecule has 0 saturated heterocycles. The molecular formula is C12H17BrN2. The fraction of sp³-hybridized carbons (Fsp3) is 0.500. The van der Waals surface area contributed by atoms with E-state index in [4.69, 9.17) is 0 Å². The summed E-state index contributed by atoms with van der Waals surface area (Å²) in [5, 5.41) is 3.22. The largest absolute Gasteiger partial charge is 0.371 e. The number of nitrogens with one attached hydrogen (secondary N) is 1. The quantitative estimate of drug-likeness (QED) is 0.906. The molecule has 2 rings (SSSR count). The fourth-order valence-corrected chi connectivity index (χ4v) is 2.66. The van der Waals surface area contributed by atoms with Gasteiger partial charge in [0, 0.05) is 23.2 Å². The first-order valence-corrected chi connectivity index (χ1v) is 6.17. The first-order valence-electron chi connectivity index (χ1n) is 5.38. The second kappa shape index (κ2) is 4.54. The lowest BCUT2D eigenvalue weighted by Gasteiger charge is -2.22. The minimum Gasteiger partial charge on any atom is -0.371 e. The summed E-state index contributed by atoms with van der Waals surface area (Å²) in [6.07, 6.45) is 2.38. The lowest BCUT2D eigenvalue weighted by Crippen LogP contribution is -2.30. The van der Waals surface area contributed by atoms with Crippen LogP contribution in [0.1, 0.15) is 12.0 Å². The van der Waals surface area contributed by atoms with Crippen LogP contribution in [0.15, 0.2) is 22.7 Å². The molecule has 0 bridgehead atoms. The van der Waals surface area contributed by atoms with Crippen molar-refractivity contribution >= 4 is 21.6 Å². The summed E-state index contributed by atoms with van der Waals surface area (Å²) >= 11 is 3.53. The second-order valence-corrected chi connectivity index (χ2v) is 5.05. The van der Waals surface area contributed by atoms with Crippen LogP contribution in [-0.4, -0.2) is 26.7 Å². The molecule has 1 aromatic carbocycles. The third-order valence-electron chi connectivity index (χ3n) is 3.15. The van der Waals surface area contributed by atoms with Gasteiger partial charge in [-0.1, -0.05) is 15.9 Å². The van der Waals surface area contributed by atoms with E-state index in [-0.39, 0.29) is 0 Å². The van der Waals surface area contributed by atoms with Gasteiger partial charge in [0.1, 0.15) is 0 Å². The molecule has 2 nitrogen and oxygen atoms in total. The molecule has 1 heterocycles. The summed E-state index contributed by atoms with van der Waals surface area (Å²) in [4.78, 5) is 2.40. The van der Waals surface area contributed by atoms with E-state index in [1.807, 2.05) is 7.05 Å². The summed E-state index contributed by atoms with van der Waals surface area (Å²) < 4.78 is 1.18. The van der Waals surface area contributed by atoms with Crippen LogP contribution in [0.25, 0.3) is 0 Å². The molecule has 3 heteroatoms. The molecule has 1 aliphatic rings. The van der Waals surface area contributed by atoms with Crippen LogP contribution in [0, 0.1) is 0 Å². The zero-order valence-electron chi connectivity index (χ0n) is 9.26. The molecule has 1 atom stereocenters. The number of rotatable bonds is 3. The molecule has 15 heavy (non-hydrogen) atoms. The Balaban J connectivity index is 2.14. The van der Waals surface area contributed by atoms with Gasteiger partial charge >= 0.3 is 0 Å². The van der Waals surface area contributed by atoms with Gasteiger partial charge in [-0.05, 0) is 50.2 Å². The van der Waals surface area contributed by atoms with Gasteiger partial charge in [0.15, 0.2) is 0 Å². The molecule has 0 amide bonds. The molecule has 1 N–H and O–H groups in total. The van der Waals surface area contributed by atoms with Gasteiger partial charge in [0.2, 0.25) is 0 Å². The van der Waals surface area contributed by atoms with Gasteiger partial charge in [-0.2, -0.15) is 0 Å². The van der Waals surface area contributed by atoms with Gasteiger partial charge in [-0.3, -0.25) is 0 Å². The topological polar surface area (TPSA) is 15.3 Å². The first kappa shape index (κ1) is 11.0. The van der Waals surface area contributed by atoms with E-state index < -0.39 is 0 Å². The smallest absolute Gasteiger partial charge is 0.0400 e. The number of fused-ring (bicyclic) bond motifs is 1. The number of halogens is 1. The molecular weight excluding hydrogens is 252 g/mol. The maximum absolute atomic E-state index is 3.53. The molecule has 1 unspecified atom stereocenters. The van der Waals surface area contributed by atoms with E-state index in [2.05, 4.69) is 51.4 Å². The Labute approximate surface area is 99.8 Å². The van der Waals surface area contributed by atoms with Crippen LogP contribution in [0.4, 0.5) is 5.69 Å². The highest BCUT2D eigenvalue weighted by Crippen LogP contribution is 2.33. The van der Waals surface area contributed by atoms with Crippen LogP contribution in [0.3, 0.4) is 0 Å². The van der Waals surface area contributed by atoms with Crippen molar-refractivity contribution in [1.82, 2.24) is 5.32 Å². The predicted molar refractivity (Wildman–Crippen MR) is 68.6 cm³/mol. The number of hydrogen-bond acceptors (Lipinski definition) is 2. The molecule has 0 aromatic heterocycles. The number of benzene rings is 1. The van der Waals surface area contributed by atoms with E-state index in [1.165, 1.54) is 28.6 Å². The van der Waals surface area contributed by atoms with Crippen molar-refractivity contribution in [3.05, 3.63) is 28.2 Å². The molecule has 1 aliphatic heterocycles. The molecule has 0 fully saturated rings. The molecule has 82 valence electrons. The minimum absolute atomic E-state index is 0.654. The summed E-state index contributed by atoms with van der Waals surface area (Å²) in [5.41, 5.74) is 2.85.